The molecule has 1 atom stereocenters. The van der Waals surface area contributed by atoms with Gasteiger partial charge in [-0.1, -0.05) is 17.8 Å². The van der Waals surface area contributed by atoms with Crippen molar-refractivity contribution in [2.24, 2.45) is 0 Å². The van der Waals surface area contributed by atoms with Crippen molar-refractivity contribution in [2.45, 2.75) is 36.6 Å². The van der Waals surface area contributed by atoms with Crippen LogP contribution < -0.4 is 5.32 Å². The number of nitriles is 1. The number of unbranched alkanes of at least 4 members (excludes halogenated alkanes) is 1. The zero-order chi connectivity index (χ0) is 13.4. The van der Waals surface area contributed by atoms with Crippen molar-refractivity contribution in [2.75, 3.05) is 7.05 Å². The minimum absolute atomic E-state index is 0.284. The van der Waals surface area contributed by atoms with Gasteiger partial charge >= 0.3 is 0 Å². The molecule has 0 saturated heterocycles. The van der Waals surface area contributed by atoms with Gasteiger partial charge in [0.2, 0.25) is 0 Å². The fraction of sp³-hybridized carbons (Fsp3) is 0.429. The minimum Gasteiger partial charge on any atom is -0.308 e. The van der Waals surface area contributed by atoms with Gasteiger partial charge in [0.1, 0.15) is 11.1 Å². The first-order valence-corrected chi connectivity index (χ1v) is 6.91. The lowest BCUT2D eigenvalue weighted by Gasteiger charge is -2.15. The van der Waals surface area contributed by atoms with Crippen LogP contribution in [0.15, 0.2) is 29.8 Å². The second-order valence-corrected chi connectivity index (χ2v) is 5.22. The summed E-state index contributed by atoms with van der Waals surface area (Å²) in [7, 11) is 1.94. The Morgan fingerprint density at radius 2 is 2.39 bits per heavy atom. The molecule has 0 saturated carbocycles. The Balaban J connectivity index is 2.71. The molecule has 18 heavy (non-hydrogen) atoms. The van der Waals surface area contributed by atoms with Gasteiger partial charge in [-0.3, -0.25) is 0 Å². The van der Waals surface area contributed by atoms with Crippen LogP contribution in [-0.4, -0.2) is 17.4 Å². The van der Waals surface area contributed by atoms with Gasteiger partial charge in [0.05, 0.1) is 10.9 Å². The van der Waals surface area contributed by atoms with Crippen LogP contribution in [-0.2, 0) is 0 Å². The second-order valence-electron chi connectivity index (χ2n) is 4.03. The number of allylic oxidation sites excluding steroid dienone is 1. The van der Waals surface area contributed by atoms with E-state index < -0.39 is 0 Å². The number of aryl methyl sites for hydroxylation is 1. The zero-order valence-electron chi connectivity index (χ0n) is 10.9. The van der Waals surface area contributed by atoms with Gasteiger partial charge in [-0.25, -0.2) is 4.98 Å². The highest BCUT2D eigenvalue weighted by Crippen LogP contribution is 2.26. The van der Waals surface area contributed by atoms with E-state index in [0.29, 0.717) is 5.56 Å². The molecular weight excluding hydrogens is 242 g/mol. The minimum atomic E-state index is 0.284. The Kier molecular flexibility index (Phi) is 6.48. The van der Waals surface area contributed by atoms with E-state index >= 15 is 0 Å². The maximum atomic E-state index is 9.07. The molecule has 1 unspecified atom stereocenters. The molecule has 1 rings (SSSR count). The van der Waals surface area contributed by atoms with Crippen LogP contribution in [0.5, 0.6) is 0 Å². The van der Waals surface area contributed by atoms with Gasteiger partial charge in [0.15, 0.2) is 0 Å². The van der Waals surface area contributed by atoms with E-state index in [4.69, 9.17) is 5.26 Å². The van der Waals surface area contributed by atoms with Crippen molar-refractivity contribution in [3.05, 3.63) is 36.0 Å². The number of pyridine rings is 1. The summed E-state index contributed by atoms with van der Waals surface area (Å²) in [6.45, 7) is 5.67. The number of hydrogen-bond donors (Lipinski definition) is 1. The Bertz CT molecular complexity index is 437. The Labute approximate surface area is 113 Å². The molecule has 0 aliphatic heterocycles. The van der Waals surface area contributed by atoms with Crippen LogP contribution in [0.2, 0.25) is 0 Å². The quantitative estimate of drug-likeness (QED) is 0.354. The summed E-state index contributed by atoms with van der Waals surface area (Å²) < 4.78 is 0. The monoisotopic (exact) mass is 261 g/mol. The van der Waals surface area contributed by atoms with E-state index in [1.807, 2.05) is 32.2 Å². The highest BCUT2D eigenvalue weighted by Gasteiger charge is 2.12. The summed E-state index contributed by atoms with van der Waals surface area (Å²) in [5, 5.41) is 13.4. The highest BCUT2D eigenvalue weighted by atomic mass is 32.2. The number of thioether (sulfide) groups is 1. The number of nitrogens with one attached hydrogen (secondary N) is 1. The summed E-state index contributed by atoms with van der Waals surface area (Å²) in [6, 6.07) is 5.90. The highest BCUT2D eigenvalue weighted by molar-refractivity contribution is 7.99. The Morgan fingerprint density at radius 3 is 3.00 bits per heavy atom. The predicted octanol–water partition coefficient (Wildman–Crippen LogP) is 3.26. The van der Waals surface area contributed by atoms with E-state index in [0.717, 1.165) is 30.0 Å². The fourth-order valence-corrected chi connectivity index (χ4v) is 2.66. The number of nitrogens with zero attached hydrogens (tertiary/aromatic N) is 2. The third kappa shape index (κ3) is 4.52. The topological polar surface area (TPSA) is 48.7 Å². The largest absolute Gasteiger partial charge is 0.308 e. The van der Waals surface area contributed by atoms with Crippen molar-refractivity contribution in [1.82, 2.24) is 10.3 Å². The Hall–Kier alpha value is -1.31. The van der Waals surface area contributed by atoms with E-state index in [1.165, 1.54) is 0 Å². The van der Waals surface area contributed by atoms with Crippen LogP contribution in [0.1, 0.15) is 30.5 Å². The van der Waals surface area contributed by atoms with E-state index in [-0.39, 0.29) is 5.37 Å². The smallest absolute Gasteiger partial charge is 0.116 e. The van der Waals surface area contributed by atoms with Gasteiger partial charge in [0.25, 0.3) is 0 Å². The van der Waals surface area contributed by atoms with E-state index in [9.17, 15) is 0 Å². The lowest BCUT2D eigenvalue weighted by Crippen LogP contribution is -2.21. The van der Waals surface area contributed by atoms with Crippen molar-refractivity contribution >= 4 is 11.8 Å². The van der Waals surface area contributed by atoms with Gasteiger partial charge in [0, 0.05) is 5.69 Å². The molecule has 0 aromatic carbocycles. The third-order valence-electron chi connectivity index (χ3n) is 2.57. The van der Waals surface area contributed by atoms with Crippen molar-refractivity contribution < 1.29 is 0 Å². The predicted molar refractivity (Wildman–Crippen MR) is 76.4 cm³/mol. The maximum absolute atomic E-state index is 9.07. The lowest BCUT2D eigenvalue weighted by atomic mass is 10.2. The SMILES string of the molecule is C=CCCCC(NC)Sc1nc(C)ccc1C#N. The summed E-state index contributed by atoms with van der Waals surface area (Å²) in [6.07, 6.45) is 5.08. The summed E-state index contributed by atoms with van der Waals surface area (Å²) in [5.41, 5.74) is 1.59. The molecule has 1 heterocycles. The van der Waals surface area contributed by atoms with E-state index in [1.54, 1.807) is 11.8 Å². The van der Waals surface area contributed by atoms with Gasteiger partial charge in [-0.05, 0) is 45.4 Å². The van der Waals surface area contributed by atoms with Gasteiger partial charge in [-0.15, -0.1) is 6.58 Å². The standard InChI is InChI=1S/C14H19N3S/c1-4-5-6-7-13(16-3)18-14-12(10-15)9-8-11(2)17-14/h4,8-9,13,16H,1,5-7H2,2-3H3. The summed E-state index contributed by atoms with van der Waals surface area (Å²) in [4.78, 5) is 4.44. The molecule has 0 fully saturated rings. The molecule has 0 amide bonds. The Morgan fingerprint density at radius 1 is 1.61 bits per heavy atom. The average Bonchev–Trinajstić information content (AvgIpc) is 2.38. The molecule has 0 radical (unpaired) electrons. The van der Waals surface area contributed by atoms with Crippen molar-refractivity contribution in [3.8, 4) is 6.07 Å². The lowest BCUT2D eigenvalue weighted by molar-refractivity contribution is 0.643. The molecule has 96 valence electrons. The van der Waals surface area contributed by atoms with Crippen LogP contribution in [0.3, 0.4) is 0 Å². The molecule has 1 aromatic rings. The first-order valence-electron chi connectivity index (χ1n) is 6.03. The molecule has 1 aromatic heterocycles. The number of rotatable bonds is 7. The fourth-order valence-electron chi connectivity index (χ4n) is 1.55. The molecule has 0 aliphatic carbocycles. The van der Waals surface area contributed by atoms with E-state index in [2.05, 4.69) is 22.9 Å². The van der Waals surface area contributed by atoms with Crippen molar-refractivity contribution in [3.63, 3.8) is 0 Å². The molecule has 1 N–H and O–H groups in total. The number of hydrogen-bond acceptors (Lipinski definition) is 4. The molecule has 4 heteroatoms. The van der Waals surface area contributed by atoms with Crippen LogP contribution in [0, 0.1) is 18.3 Å². The molecule has 0 aliphatic rings. The molecule has 3 nitrogen and oxygen atoms in total. The summed E-state index contributed by atoms with van der Waals surface area (Å²) >= 11 is 1.63. The number of aromatic nitrogens is 1. The second kappa shape index (κ2) is 7.91. The van der Waals surface area contributed by atoms with Crippen LogP contribution >= 0.6 is 11.8 Å². The van der Waals surface area contributed by atoms with Crippen LogP contribution in [0.25, 0.3) is 0 Å². The summed E-state index contributed by atoms with van der Waals surface area (Å²) in [5.74, 6) is 0. The first-order chi connectivity index (χ1) is 8.71. The third-order valence-corrected chi connectivity index (χ3v) is 3.86. The normalized spacial score (nSPS) is 11.8. The molecule has 0 bridgehead atoms. The van der Waals surface area contributed by atoms with Crippen LogP contribution in [0.4, 0.5) is 0 Å². The maximum Gasteiger partial charge on any atom is 0.116 e. The molecule has 0 spiro atoms. The zero-order valence-corrected chi connectivity index (χ0v) is 11.8. The van der Waals surface area contributed by atoms with Gasteiger partial charge in [-0.2, -0.15) is 5.26 Å². The van der Waals surface area contributed by atoms with Crippen molar-refractivity contribution in [1.29, 1.82) is 5.26 Å². The molecular formula is C14H19N3S. The van der Waals surface area contributed by atoms with Gasteiger partial charge < -0.3 is 5.32 Å². The first kappa shape index (κ1) is 14.7. The average molecular weight is 261 g/mol.